The molecule has 8 heteroatoms. The van der Waals surface area contributed by atoms with Gasteiger partial charge in [0.25, 0.3) is 11.8 Å². The monoisotopic (exact) mass is 404 g/mol. The average Bonchev–Trinajstić information content (AvgIpc) is 3.10. The number of anilines is 1. The predicted octanol–water partition coefficient (Wildman–Crippen LogP) is 3.41. The summed E-state index contributed by atoms with van der Waals surface area (Å²) in [5, 5.41) is 16.4. The standard InChI is InChI=1S/C22H20N4O4/c1-13-19-17(25-26-21(28)14-7-9-16(27)10-8-14)5-2-6-18(19)30-20(13)22(29)24-15-4-3-11-23-12-15/h3-4,7-12,27H,2,5-6H2,1H3,(H,24,29)(H,26,28)/b25-17+. The average molecular weight is 404 g/mol. The number of rotatable bonds is 4. The highest BCUT2D eigenvalue weighted by Gasteiger charge is 2.28. The van der Waals surface area contributed by atoms with Crippen molar-refractivity contribution in [1.82, 2.24) is 10.4 Å². The first-order valence-corrected chi connectivity index (χ1v) is 9.53. The van der Waals surface area contributed by atoms with E-state index in [4.69, 9.17) is 4.42 Å². The Hall–Kier alpha value is -3.94. The minimum absolute atomic E-state index is 0.0842. The zero-order valence-electron chi connectivity index (χ0n) is 16.3. The molecule has 1 aliphatic rings. The third kappa shape index (κ3) is 3.93. The molecule has 0 bridgehead atoms. The molecule has 2 aromatic heterocycles. The van der Waals surface area contributed by atoms with Crippen LogP contribution in [0.3, 0.4) is 0 Å². The first-order chi connectivity index (χ1) is 14.5. The van der Waals surface area contributed by atoms with Crippen molar-refractivity contribution in [3.63, 3.8) is 0 Å². The quantitative estimate of drug-likeness (QED) is 0.576. The maximum Gasteiger partial charge on any atom is 0.291 e. The van der Waals surface area contributed by atoms with Crippen LogP contribution in [0.4, 0.5) is 5.69 Å². The van der Waals surface area contributed by atoms with Crippen LogP contribution in [0.25, 0.3) is 0 Å². The fourth-order valence-corrected chi connectivity index (χ4v) is 3.42. The fraction of sp³-hybridized carbons (Fsp3) is 0.182. The first kappa shape index (κ1) is 19.4. The second-order valence-electron chi connectivity index (χ2n) is 6.95. The van der Waals surface area contributed by atoms with Gasteiger partial charge in [0.2, 0.25) is 0 Å². The van der Waals surface area contributed by atoms with Gasteiger partial charge in [0, 0.05) is 29.3 Å². The molecule has 1 aliphatic carbocycles. The molecule has 3 N–H and O–H groups in total. The molecule has 152 valence electrons. The molecular weight excluding hydrogens is 384 g/mol. The van der Waals surface area contributed by atoms with Gasteiger partial charge in [-0.1, -0.05) is 0 Å². The molecule has 2 amide bonds. The number of amides is 2. The second-order valence-corrected chi connectivity index (χ2v) is 6.95. The molecule has 2 heterocycles. The van der Waals surface area contributed by atoms with E-state index in [1.165, 1.54) is 24.3 Å². The minimum atomic E-state index is -0.384. The van der Waals surface area contributed by atoms with Crippen molar-refractivity contribution >= 4 is 23.2 Å². The Kier molecular flexibility index (Phi) is 5.30. The number of carbonyl (C=O) groups is 2. The highest BCUT2D eigenvalue weighted by atomic mass is 16.4. The molecule has 0 aliphatic heterocycles. The lowest BCUT2D eigenvalue weighted by atomic mass is 9.93. The number of furan rings is 1. The van der Waals surface area contributed by atoms with E-state index in [2.05, 4.69) is 20.8 Å². The van der Waals surface area contributed by atoms with Gasteiger partial charge in [0.15, 0.2) is 5.76 Å². The summed E-state index contributed by atoms with van der Waals surface area (Å²) in [6, 6.07) is 9.39. The maximum atomic E-state index is 12.7. The van der Waals surface area contributed by atoms with Gasteiger partial charge in [0.1, 0.15) is 11.5 Å². The third-order valence-corrected chi connectivity index (χ3v) is 4.87. The molecule has 0 spiro atoms. The zero-order chi connectivity index (χ0) is 21.1. The number of nitrogens with one attached hydrogen (secondary N) is 2. The number of hydrazone groups is 1. The Balaban J connectivity index is 1.56. The smallest absolute Gasteiger partial charge is 0.291 e. The summed E-state index contributed by atoms with van der Waals surface area (Å²) in [5.41, 5.74) is 5.63. The molecule has 0 saturated carbocycles. The van der Waals surface area contributed by atoms with E-state index in [0.29, 0.717) is 41.1 Å². The van der Waals surface area contributed by atoms with Crippen LogP contribution in [0.15, 0.2) is 58.3 Å². The van der Waals surface area contributed by atoms with Gasteiger partial charge in [-0.3, -0.25) is 14.6 Å². The van der Waals surface area contributed by atoms with Crippen LogP contribution in [0, 0.1) is 6.92 Å². The summed E-state index contributed by atoms with van der Waals surface area (Å²) in [6.45, 7) is 1.81. The van der Waals surface area contributed by atoms with Crippen molar-refractivity contribution in [2.75, 3.05) is 5.32 Å². The number of benzene rings is 1. The van der Waals surface area contributed by atoms with E-state index in [1.807, 2.05) is 6.92 Å². The highest BCUT2D eigenvalue weighted by Crippen LogP contribution is 2.30. The van der Waals surface area contributed by atoms with E-state index >= 15 is 0 Å². The van der Waals surface area contributed by atoms with Crippen LogP contribution in [0.1, 0.15) is 50.6 Å². The fourth-order valence-electron chi connectivity index (χ4n) is 3.42. The van der Waals surface area contributed by atoms with Gasteiger partial charge in [-0.15, -0.1) is 0 Å². The lowest BCUT2D eigenvalue weighted by molar-refractivity contribution is 0.0953. The normalized spacial score (nSPS) is 14.2. The Labute approximate surface area is 172 Å². The first-order valence-electron chi connectivity index (χ1n) is 9.53. The highest BCUT2D eigenvalue weighted by molar-refractivity contribution is 6.09. The number of phenols is 1. The number of hydrogen-bond donors (Lipinski definition) is 3. The molecule has 0 unspecified atom stereocenters. The number of nitrogens with zero attached hydrogens (tertiary/aromatic N) is 2. The SMILES string of the molecule is Cc1c(C(=O)Nc2cccnc2)oc2c1/C(=N/NC(=O)c1ccc(O)cc1)CCC2. The predicted molar refractivity (Wildman–Crippen MR) is 111 cm³/mol. The Bertz CT molecular complexity index is 1120. The van der Waals surface area contributed by atoms with Crippen molar-refractivity contribution < 1.29 is 19.1 Å². The number of hydrogen-bond acceptors (Lipinski definition) is 6. The number of fused-ring (bicyclic) bond motifs is 1. The summed E-state index contributed by atoms with van der Waals surface area (Å²) in [4.78, 5) is 29.0. The topological polar surface area (TPSA) is 117 Å². The second kappa shape index (κ2) is 8.20. The third-order valence-electron chi connectivity index (χ3n) is 4.87. The largest absolute Gasteiger partial charge is 0.508 e. The van der Waals surface area contributed by atoms with E-state index in [1.54, 1.807) is 24.5 Å². The van der Waals surface area contributed by atoms with Crippen LogP contribution >= 0.6 is 0 Å². The van der Waals surface area contributed by atoms with Crippen LogP contribution in [-0.2, 0) is 6.42 Å². The van der Waals surface area contributed by atoms with Gasteiger partial charge in [-0.25, -0.2) is 5.43 Å². The maximum absolute atomic E-state index is 12.7. The lowest BCUT2D eigenvalue weighted by Crippen LogP contribution is -2.22. The molecule has 0 saturated heterocycles. The summed E-state index contributed by atoms with van der Waals surface area (Å²) in [5.74, 6) is 0.254. The van der Waals surface area contributed by atoms with Crippen molar-refractivity contribution in [2.24, 2.45) is 5.10 Å². The Morgan fingerprint density at radius 1 is 1.13 bits per heavy atom. The van der Waals surface area contributed by atoms with Gasteiger partial charge >= 0.3 is 0 Å². The van der Waals surface area contributed by atoms with Crippen molar-refractivity contribution in [3.8, 4) is 5.75 Å². The van der Waals surface area contributed by atoms with Gasteiger partial charge in [-0.05, 0) is 56.2 Å². The summed E-state index contributed by atoms with van der Waals surface area (Å²) >= 11 is 0. The number of pyridine rings is 1. The van der Waals surface area contributed by atoms with Crippen LogP contribution < -0.4 is 10.7 Å². The van der Waals surface area contributed by atoms with Crippen molar-refractivity contribution in [2.45, 2.75) is 26.2 Å². The lowest BCUT2D eigenvalue weighted by Gasteiger charge is -2.13. The van der Waals surface area contributed by atoms with E-state index in [9.17, 15) is 14.7 Å². The summed E-state index contributed by atoms with van der Waals surface area (Å²) in [7, 11) is 0. The number of phenolic OH excluding ortho intramolecular Hbond substituents is 1. The Morgan fingerprint density at radius 3 is 2.67 bits per heavy atom. The molecule has 1 aromatic carbocycles. The van der Waals surface area contributed by atoms with Crippen molar-refractivity contribution in [3.05, 3.63) is 77.0 Å². The molecular formula is C22H20N4O4. The molecule has 4 rings (SSSR count). The van der Waals surface area contributed by atoms with Crippen molar-refractivity contribution in [1.29, 1.82) is 0 Å². The van der Waals surface area contributed by atoms with E-state index < -0.39 is 0 Å². The molecule has 8 nitrogen and oxygen atoms in total. The molecule has 0 atom stereocenters. The van der Waals surface area contributed by atoms with E-state index in [-0.39, 0.29) is 23.3 Å². The van der Waals surface area contributed by atoms with Crippen LogP contribution in [0.5, 0.6) is 5.75 Å². The molecule has 3 aromatic rings. The molecule has 0 fully saturated rings. The van der Waals surface area contributed by atoms with Gasteiger partial charge in [0.05, 0.1) is 17.6 Å². The number of aryl methyl sites for hydroxylation is 1. The Morgan fingerprint density at radius 2 is 1.93 bits per heavy atom. The molecule has 30 heavy (non-hydrogen) atoms. The summed E-state index contributed by atoms with van der Waals surface area (Å²) < 4.78 is 5.85. The molecule has 0 radical (unpaired) electrons. The number of aromatic nitrogens is 1. The van der Waals surface area contributed by atoms with Gasteiger partial charge < -0.3 is 14.8 Å². The zero-order valence-corrected chi connectivity index (χ0v) is 16.3. The summed E-state index contributed by atoms with van der Waals surface area (Å²) in [6.07, 6.45) is 5.34. The van der Waals surface area contributed by atoms with Gasteiger partial charge in [-0.2, -0.15) is 5.10 Å². The number of aromatic hydroxyl groups is 1. The van der Waals surface area contributed by atoms with Crippen LogP contribution in [0.2, 0.25) is 0 Å². The van der Waals surface area contributed by atoms with E-state index in [0.717, 1.165) is 12.0 Å². The van der Waals surface area contributed by atoms with Crippen LogP contribution in [-0.4, -0.2) is 27.6 Å². The number of carbonyl (C=O) groups excluding carboxylic acids is 2. The minimum Gasteiger partial charge on any atom is -0.508 e.